The first kappa shape index (κ1) is 11.0. The van der Waals surface area contributed by atoms with E-state index in [1.807, 2.05) is 22.9 Å². The maximum atomic E-state index is 9.37. The van der Waals surface area contributed by atoms with Gasteiger partial charge in [0, 0.05) is 0 Å². The van der Waals surface area contributed by atoms with Crippen LogP contribution in [0, 0.1) is 11.3 Å². The molecule has 4 heteroatoms. The van der Waals surface area contributed by atoms with Crippen molar-refractivity contribution in [3.05, 3.63) is 48.0 Å². The molecule has 0 amide bonds. The normalized spacial score (nSPS) is 16.8. The zero-order chi connectivity index (χ0) is 12.4. The molecule has 1 aromatic heterocycles. The summed E-state index contributed by atoms with van der Waals surface area (Å²) in [5.41, 5.74) is 0.780. The van der Waals surface area contributed by atoms with Crippen LogP contribution in [0.5, 0.6) is 0 Å². The number of nitriles is 1. The Balaban J connectivity index is 1.91. The molecule has 0 spiro atoms. The van der Waals surface area contributed by atoms with Gasteiger partial charge in [-0.05, 0) is 24.8 Å². The minimum Gasteiger partial charge on any atom is -0.244 e. The van der Waals surface area contributed by atoms with Crippen LogP contribution in [0.4, 0.5) is 0 Å². The summed E-state index contributed by atoms with van der Waals surface area (Å²) < 4.78 is 1.86. The zero-order valence-corrected chi connectivity index (χ0v) is 10.1. The van der Waals surface area contributed by atoms with Gasteiger partial charge in [-0.2, -0.15) is 10.4 Å². The quantitative estimate of drug-likeness (QED) is 0.824. The maximum Gasteiger partial charge on any atom is 0.147 e. The van der Waals surface area contributed by atoms with Crippen LogP contribution in [0.3, 0.4) is 0 Å². The Morgan fingerprint density at radius 1 is 1.28 bits per heavy atom. The lowest BCUT2D eigenvalue weighted by Crippen LogP contribution is -2.36. The SMILES string of the molecule is N#CC1(c2ncnn2Cc2ccccc2)CCC1. The molecule has 0 bridgehead atoms. The summed E-state index contributed by atoms with van der Waals surface area (Å²) in [6.07, 6.45) is 4.45. The molecule has 90 valence electrons. The first-order valence-electron chi connectivity index (χ1n) is 6.17. The highest BCUT2D eigenvalue weighted by molar-refractivity contribution is 5.25. The summed E-state index contributed by atoms with van der Waals surface area (Å²) in [7, 11) is 0. The number of nitrogens with zero attached hydrogens (tertiary/aromatic N) is 4. The molecular weight excluding hydrogens is 224 g/mol. The number of benzene rings is 1. The number of rotatable bonds is 3. The summed E-state index contributed by atoms with van der Waals surface area (Å²) in [5.74, 6) is 0.820. The molecule has 18 heavy (non-hydrogen) atoms. The van der Waals surface area contributed by atoms with E-state index < -0.39 is 5.41 Å². The fraction of sp³-hybridized carbons (Fsp3) is 0.357. The third-order valence-electron chi connectivity index (χ3n) is 3.64. The van der Waals surface area contributed by atoms with Crippen LogP contribution in [-0.4, -0.2) is 14.8 Å². The predicted octanol–water partition coefficient (Wildman–Crippen LogP) is 2.27. The van der Waals surface area contributed by atoms with Gasteiger partial charge in [-0.1, -0.05) is 30.3 Å². The van der Waals surface area contributed by atoms with E-state index in [1.165, 1.54) is 5.56 Å². The van der Waals surface area contributed by atoms with Gasteiger partial charge in [-0.25, -0.2) is 9.67 Å². The Morgan fingerprint density at radius 2 is 2.06 bits per heavy atom. The van der Waals surface area contributed by atoms with E-state index >= 15 is 0 Å². The van der Waals surface area contributed by atoms with Gasteiger partial charge in [0.15, 0.2) is 0 Å². The van der Waals surface area contributed by atoms with Crippen molar-refractivity contribution in [1.82, 2.24) is 14.8 Å². The average molecular weight is 238 g/mol. The summed E-state index contributed by atoms with van der Waals surface area (Å²) >= 11 is 0. The molecular formula is C14H14N4. The van der Waals surface area contributed by atoms with Crippen molar-refractivity contribution < 1.29 is 0 Å². The molecule has 2 aromatic rings. The van der Waals surface area contributed by atoms with Crippen LogP contribution in [0.2, 0.25) is 0 Å². The second kappa shape index (κ2) is 4.26. The maximum absolute atomic E-state index is 9.37. The fourth-order valence-corrected chi connectivity index (χ4v) is 2.42. The van der Waals surface area contributed by atoms with Gasteiger partial charge in [0.25, 0.3) is 0 Å². The fourth-order valence-electron chi connectivity index (χ4n) is 2.42. The van der Waals surface area contributed by atoms with Crippen molar-refractivity contribution in [2.24, 2.45) is 0 Å². The summed E-state index contributed by atoms with van der Waals surface area (Å²) in [5, 5.41) is 13.6. The standard InChI is InChI=1S/C14H14N4/c15-10-14(7-4-8-14)13-16-11-17-18(13)9-12-5-2-1-3-6-12/h1-3,5-6,11H,4,7-9H2. The first-order valence-corrected chi connectivity index (χ1v) is 6.17. The van der Waals surface area contributed by atoms with Crippen LogP contribution in [-0.2, 0) is 12.0 Å². The van der Waals surface area contributed by atoms with Crippen molar-refractivity contribution in [3.8, 4) is 6.07 Å². The van der Waals surface area contributed by atoms with Crippen molar-refractivity contribution in [3.63, 3.8) is 0 Å². The van der Waals surface area contributed by atoms with Gasteiger partial charge in [0.05, 0.1) is 12.6 Å². The second-order valence-electron chi connectivity index (χ2n) is 4.77. The van der Waals surface area contributed by atoms with Crippen LogP contribution >= 0.6 is 0 Å². The molecule has 0 radical (unpaired) electrons. The largest absolute Gasteiger partial charge is 0.244 e. The van der Waals surface area contributed by atoms with E-state index in [-0.39, 0.29) is 0 Å². The molecule has 1 aliphatic carbocycles. The average Bonchev–Trinajstić information content (AvgIpc) is 2.79. The topological polar surface area (TPSA) is 54.5 Å². The molecule has 0 aliphatic heterocycles. The molecule has 4 nitrogen and oxygen atoms in total. The lowest BCUT2D eigenvalue weighted by atomic mass is 9.69. The lowest BCUT2D eigenvalue weighted by molar-refractivity contribution is 0.294. The highest BCUT2D eigenvalue weighted by Gasteiger charge is 2.43. The molecule has 0 saturated heterocycles. The highest BCUT2D eigenvalue weighted by Crippen LogP contribution is 2.42. The lowest BCUT2D eigenvalue weighted by Gasteiger charge is -2.34. The molecule has 3 rings (SSSR count). The van der Waals surface area contributed by atoms with Crippen molar-refractivity contribution in [2.75, 3.05) is 0 Å². The second-order valence-corrected chi connectivity index (χ2v) is 4.77. The highest BCUT2D eigenvalue weighted by atomic mass is 15.3. The van der Waals surface area contributed by atoms with Gasteiger partial charge >= 0.3 is 0 Å². The Hall–Kier alpha value is -2.15. The summed E-state index contributed by atoms with van der Waals surface area (Å²) in [6, 6.07) is 12.6. The van der Waals surface area contributed by atoms with E-state index in [0.717, 1.165) is 25.1 Å². The minimum absolute atomic E-state index is 0.398. The van der Waals surface area contributed by atoms with Crippen LogP contribution < -0.4 is 0 Å². The molecule has 1 heterocycles. The third-order valence-corrected chi connectivity index (χ3v) is 3.64. The van der Waals surface area contributed by atoms with Crippen LogP contribution in [0.15, 0.2) is 36.7 Å². The van der Waals surface area contributed by atoms with Gasteiger partial charge in [0.1, 0.15) is 17.6 Å². The van der Waals surface area contributed by atoms with Crippen LogP contribution in [0.25, 0.3) is 0 Å². The van der Waals surface area contributed by atoms with E-state index in [9.17, 15) is 5.26 Å². The Kier molecular flexibility index (Phi) is 2.60. The Morgan fingerprint density at radius 3 is 2.67 bits per heavy atom. The van der Waals surface area contributed by atoms with E-state index in [0.29, 0.717) is 6.54 Å². The number of hydrogen-bond acceptors (Lipinski definition) is 3. The van der Waals surface area contributed by atoms with Crippen molar-refractivity contribution >= 4 is 0 Å². The molecule has 1 saturated carbocycles. The number of aromatic nitrogens is 3. The van der Waals surface area contributed by atoms with Crippen molar-refractivity contribution in [1.29, 1.82) is 5.26 Å². The zero-order valence-electron chi connectivity index (χ0n) is 10.1. The first-order chi connectivity index (χ1) is 8.84. The molecule has 1 fully saturated rings. The third kappa shape index (κ3) is 1.68. The van der Waals surface area contributed by atoms with Crippen LogP contribution in [0.1, 0.15) is 30.7 Å². The van der Waals surface area contributed by atoms with Crippen molar-refractivity contribution in [2.45, 2.75) is 31.2 Å². The van der Waals surface area contributed by atoms with Gasteiger partial charge in [-0.3, -0.25) is 0 Å². The minimum atomic E-state index is -0.398. The number of hydrogen-bond donors (Lipinski definition) is 0. The Labute approximate surface area is 106 Å². The Bertz CT molecular complexity index is 575. The van der Waals surface area contributed by atoms with Gasteiger partial charge in [-0.15, -0.1) is 0 Å². The monoisotopic (exact) mass is 238 g/mol. The van der Waals surface area contributed by atoms with Gasteiger partial charge in [0.2, 0.25) is 0 Å². The molecule has 0 N–H and O–H groups in total. The molecule has 1 aliphatic rings. The van der Waals surface area contributed by atoms with E-state index in [1.54, 1.807) is 6.33 Å². The smallest absolute Gasteiger partial charge is 0.147 e. The van der Waals surface area contributed by atoms with E-state index in [2.05, 4.69) is 28.3 Å². The summed E-state index contributed by atoms with van der Waals surface area (Å²) in [6.45, 7) is 0.680. The van der Waals surface area contributed by atoms with Gasteiger partial charge < -0.3 is 0 Å². The predicted molar refractivity (Wildman–Crippen MR) is 66.7 cm³/mol. The molecule has 0 atom stereocenters. The summed E-state index contributed by atoms with van der Waals surface area (Å²) in [4.78, 5) is 4.31. The van der Waals surface area contributed by atoms with E-state index in [4.69, 9.17) is 0 Å². The molecule has 0 unspecified atom stereocenters. The molecule has 1 aromatic carbocycles.